The zero-order valence-electron chi connectivity index (χ0n) is 16.5. The third-order valence-electron chi connectivity index (χ3n) is 6.73. The summed E-state index contributed by atoms with van der Waals surface area (Å²) < 4.78 is 11.9. The standard InChI is InChI=1S/C21H22N2O6/c1-10(24)17-16-12-9-28-19(18(16)29-11(2)25)21(8-14(12)22-17)13-6-4-5-7-15(13)23(27-3)20(21)26/h4-7,12,14,16,18-19H,8-9H2,1-3H3/t12-,14-,16+,18+,19-,21-/m0/s1. The number of anilines is 1. The number of hydroxylamine groups is 1. The molecule has 152 valence electrons. The predicted octanol–water partition coefficient (Wildman–Crippen LogP) is 1.21. The summed E-state index contributed by atoms with van der Waals surface area (Å²) >= 11 is 0. The number of ketones is 1. The third-order valence-corrected chi connectivity index (χ3v) is 6.73. The number of carbonyl (C=O) groups excluding carboxylic acids is 3. The molecule has 1 aromatic rings. The fourth-order valence-electron chi connectivity index (χ4n) is 5.72. The first-order chi connectivity index (χ1) is 13.9. The van der Waals surface area contributed by atoms with Gasteiger partial charge in [0.1, 0.15) is 17.6 Å². The molecule has 1 saturated carbocycles. The van der Waals surface area contributed by atoms with Crippen LogP contribution in [0.5, 0.6) is 0 Å². The van der Waals surface area contributed by atoms with E-state index in [0.29, 0.717) is 24.4 Å². The van der Waals surface area contributed by atoms with Crippen molar-refractivity contribution in [3.8, 4) is 0 Å². The van der Waals surface area contributed by atoms with Crippen LogP contribution in [0.4, 0.5) is 5.69 Å². The molecule has 0 radical (unpaired) electrons. The van der Waals surface area contributed by atoms with E-state index < -0.39 is 23.6 Å². The number of hydrogen-bond donors (Lipinski definition) is 0. The topological polar surface area (TPSA) is 94.5 Å². The summed E-state index contributed by atoms with van der Waals surface area (Å²) in [6, 6.07) is 7.16. The number of rotatable bonds is 3. The molecular weight excluding hydrogens is 376 g/mol. The van der Waals surface area contributed by atoms with Gasteiger partial charge in [-0.1, -0.05) is 18.2 Å². The van der Waals surface area contributed by atoms with Crippen molar-refractivity contribution in [2.75, 3.05) is 18.8 Å². The van der Waals surface area contributed by atoms with Crippen LogP contribution in [0.25, 0.3) is 0 Å². The lowest BCUT2D eigenvalue weighted by Gasteiger charge is -2.43. The number of Topliss-reactive ketones (excluding diaryl/α,β-unsaturated/α-hetero) is 1. The Bertz CT molecular complexity index is 958. The second kappa shape index (κ2) is 6.21. The quantitative estimate of drug-likeness (QED) is 0.711. The first-order valence-electron chi connectivity index (χ1n) is 9.75. The Kier molecular flexibility index (Phi) is 3.95. The van der Waals surface area contributed by atoms with Crippen molar-refractivity contribution in [3.63, 3.8) is 0 Å². The monoisotopic (exact) mass is 398 g/mol. The summed E-state index contributed by atoms with van der Waals surface area (Å²) in [5, 5.41) is 1.28. The van der Waals surface area contributed by atoms with E-state index >= 15 is 0 Å². The first-order valence-corrected chi connectivity index (χ1v) is 9.75. The number of amides is 1. The van der Waals surface area contributed by atoms with Gasteiger partial charge in [-0.3, -0.25) is 24.2 Å². The van der Waals surface area contributed by atoms with Crippen molar-refractivity contribution >= 4 is 29.1 Å². The van der Waals surface area contributed by atoms with Crippen molar-refractivity contribution in [3.05, 3.63) is 29.8 Å². The Balaban J connectivity index is 1.74. The molecule has 1 aromatic carbocycles. The van der Waals surface area contributed by atoms with Crippen LogP contribution in [0.3, 0.4) is 0 Å². The number of hydrogen-bond acceptors (Lipinski definition) is 7. The van der Waals surface area contributed by atoms with Crippen molar-refractivity contribution in [2.45, 2.75) is 43.9 Å². The molecule has 1 amide bonds. The molecule has 6 atom stereocenters. The van der Waals surface area contributed by atoms with Crippen LogP contribution < -0.4 is 5.06 Å². The minimum absolute atomic E-state index is 0.106. The number of benzene rings is 1. The molecule has 2 saturated heterocycles. The summed E-state index contributed by atoms with van der Waals surface area (Å²) in [5.41, 5.74) is 0.785. The van der Waals surface area contributed by atoms with Gasteiger partial charge in [0.25, 0.3) is 5.91 Å². The first kappa shape index (κ1) is 18.4. The van der Waals surface area contributed by atoms with Gasteiger partial charge in [-0.05, 0) is 18.1 Å². The number of esters is 1. The second-order valence-electron chi connectivity index (χ2n) is 8.13. The lowest BCUT2D eigenvalue weighted by Crippen LogP contribution is -2.59. The molecular formula is C21H22N2O6. The molecule has 3 fully saturated rings. The highest BCUT2D eigenvalue weighted by Crippen LogP contribution is 2.57. The van der Waals surface area contributed by atoms with Gasteiger partial charge < -0.3 is 9.47 Å². The van der Waals surface area contributed by atoms with Gasteiger partial charge in [0.15, 0.2) is 5.78 Å². The molecule has 29 heavy (non-hydrogen) atoms. The van der Waals surface area contributed by atoms with Crippen molar-refractivity contribution in [2.24, 2.45) is 16.8 Å². The Morgan fingerprint density at radius 1 is 1.28 bits per heavy atom. The average molecular weight is 398 g/mol. The minimum atomic E-state index is -1.09. The third kappa shape index (κ3) is 2.27. The van der Waals surface area contributed by atoms with Gasteiger partial charge in [-0.15, -0.1) is 0 Å². The van der Waals surface area contributed by atoms with Gasteiger partial charge in [-0.25, -0.2) is 0 Å². The Labute approximate surface area is 167 Å². The highest BCUT2D eigenvalue weighted by atomic mass is 16.7. The maximum Gasteiger partial charge on any atom is 0.303 e. The predicted molar refractivity (Wildman–Crippen MR) is 101 cm³/mol. The molecule has 0 N–H and O–H groups in total. The van der Waals surface area contributed by atoms with Crippen LogP contribution in [0.1, 0.15) is 25.8 Å². The van der Waals surface area contributed by atoms with Crippen LogP contribution >= 0.6 is 0 Å². The lowest BCUT2D eigenvalue weighted by atomic mass is 9.70. The van der Waals surface area contributed by atoms with Crippen molar-refractivity contribution in [1.82, 2.24) is 0 Å². The Morgan fingerprint density at radius 3 is 2.72 bits per heavy atom. The highest BCUT2D eigenvalue weighted by Gasteiger charge is 2.69. The zero-order valence-corrected chi connectivity index (χ0v) is 16.5. The molecule has 8 heteroatoms. The molecule has 4 bridgehead atoms. The van der Waals surface area contributed by atoms with Crippen LogP contribution in [0.2, 0.25) is 0 Å². The normalized spacial score (nSPS) is 36.8. The van der Waals surface area contributed by atoms with E-state index in [9.17, 15) is 14.4 Å². The Morgan fingerprint density at radius 2 is 2.03 bits per heavy atom. The summed E-state index contributed by atoms with van der Waals surface area (Å²) in [4.78, 5) is 48.1. The number of nitrogens with zero attached hydrogens (tertiary/aromatic N) is 2. The molecule has 4 heterocycles. The average Bonchev–Trinajstić information content (AvgIpc) is 3.06. The summed E-state index contributed by atoms with van der Waals surface area (Å²) in [7, 11) is 1.45. The van der Waals surface area contributed by atoms with Crippen LogP contribution in [-0.4, -0.2) is 55.3 Å². The van der Waals surface area contributed by atoms with Crippen LogP contribution in [0.15, 0.2) is 29.3 Å². The fraction of sp³-hybridized carbons (Fsp3) is 0.524. The smallest absolute Gasteiger partial charge is 0.303 e. The molecule has 1 spiro atoms. The number of ether oxygens (including phenoxy) is 2. The van der Waals surface area contributed by atoms with Gasteiger partial charge in [0, 0.05) is 19.8 Å². The number of para-hydroxylation sites is 1. The molecule has 8 nitrogen and oxygen atoms in total. The van der Waals surface area contributed by atoms with E-state index in [1.807, 2.05) is 24.3 Å². The van der Waals surface area contributed by atoms with Crippen molar-refractivity contribution in [1.29, 1.82) is 0 Å². The maximum absolute atomic E-state index is 13.7. The van der Waals surface area contributed by atoms with Gasteiger partial charge in [0.2, 0.25) is 0 Å². The molecule has 5 aliphatic rings. The van der Waals surface area contributed by atoms with Gasteiger partial charge in [-0.2, -0.15) is 5.06 Å². The van der Waals surface area contributed by atoms with E-state index in [1.54, 1.807) is 0 Å². The fourth-order valence-corrected chi connectivity index (χ4v) is 5.72. The zero-order chi connectivity index (χ0) is 20.5. The van der Waals surface area contributed by atoms with Crippen molar-refractivity contribution < 1.29 is 28.7 Å². The highest BCUT2D eigenvalue weighted by molar-refractivity contribution is 6.40. The number of carbonyl (C=O) groups is 3. The van der Waals surface area contributed by atoms with Crippen LogP contribution in [-0.2, 0) is 34.1 Å². The van der Waals surface area contributed by atoms with E-state index in [1.165, 1.54) is 26.0 Å². The number of aliphatic imine (C=N–C) groups is 1. The molecule has 0 unspecified atom stereocenters. The summed E-state index contributed by atoms with van der Waals surface area (Å²) in [5.74, 6) is -1.33. The molecule has 6 rings (SSSR count). The minimum Gasteiger partial charge on any atom is -0.459 e. The molecule has 0 aromatic heterocycles. The number of fused-ring (bicyclic) bond motifs is 2. The Hall–Kier alpha value is -2.58. The SMILES string of the molecule is CON1C(=O)[C@@]2(C[C@@H]3N=C(C(C)=O)[C@H]4[C@H]3CO[C@H]2[C@@H]4OC(C)=O)c2ccccc21. The summed E-state index contributed by atoms with van der Waals surface area (Å²) in [6.07, 6.45) is -1.12. The van der Waals surface area contributed by atoms with E-state index in [2.05, 4.69) is 0 Å². The largest absolute Gasteiger partial charge is 0.459 e. The lowest BCUT2D eigenvalue weighted by molar-refractivity contribution is -0.179. The van der Waals surface area contributed by atoms with E-state index in [0.717, 1.165) is 5.56 Å². The van der Waals surface area contributed by atoms with Gasteiger partial charge in [0.05, 0.1) is 37.1 Å². The second-order valence-corrected chi connectivity index (χ2v) is 8.13. The van der Waals surface area contributed by atoms with Gasteiger partial charge >= 0.3 is 5.97 Å². The summed E-state index contributed by atoms with van der Waals surface area (Å²) in [6.45, 7) is 3.17. The van der Waals surface area contributed by atoms with Crippen LogP contribution in [0, 0.1) is 11.8 Å². The maximum atomic E-state index is 13.7. The molecule has 4 aliphatic heterocycles. The van der Waals surface area contributed by atoms with E-state index in [4.69, 9.17) is 19.3 Å². The molecule has 1 aliphatic carbocycles. The van der Waals surface area contributed by atoms with E-state index in [-0.39, 0.29) is 29.6 Å².